The van der Waals surface area contributed by atoms with Gasteiger partial charge in [-0.1, -0.05) is 0 Å². The highest BCUT2D eigenvalue weighted by atomic mass is 16.6. The number of hydrogen-bond donors (Lipinski definition) is 0. The molecule has 2 aromatic heterocycles. The number of hydrogen-bond acceptors (Lipinski definition) is 7. The van der Waals surface area contributed by atoms with Gasteiger partial charge in [0.25, 0.3) is 0 Å². The molecule has 2 amide bonds. The fourth-order valence-corrected chi connectivity index (χ4v) is 6.46. The molecule has 3 aliphatic rings. The maximum Gasteiger partial charge on any atom is 0.410 e. The number of rotatable bonds is 1. The van der Waals surface area contributed by atoms with E-state index in [1.54, 1.807) is 11.1 Å². The molecule has 0 bridgehead atoms. The van der Waals surface area contributed by atoms with Crippen LogP contribution in [-0.2, 0) is 15.1 Å². The number of fused-ring (bicyclic) bond motifs is 4. The lowest BCUT2D eigenvalue weighted by atomic mass is 9.80. The molecular formula is C31H45N5O5. The van der Waals surface area contributed by atoms with E-state index in [-0.39, 0.29) is 18.2 Å². The van der Waals surface area contributed by atoms with E-state index >= 15 is 0 Å². The molecule has 41 heavy (non-hydrogen) atoms. The molecule has 0 saturated carbocycles. The first-order valence-electron chi connectivity index (χ1n) is 14.7. The SMILES string of the molecule is Cc1c2c(nn1C1CCN(C(=O)OC(C)(C)C)C(C)(C)C1)-c1ncccc1OC21CCN(C(=O)OC(C)(C)C)CC1. The van der Waals surface area contributed by atoms with Crippen LogP contribution in [-0.4, -0.2) is 73.1 Å². The van der Waals surface area contributed by atoms with E-state index in [0.717, 1.165) is 41.2 Å². The van der Waals surface area contributed by atoms with Crippen LogP contribution < -0.4 is 4.74 Å². The Balaban J connectivity index is 1.44. The predicted octanol–water partition coefficient (Wildman–Crippen LogP) is 6.22. The first kappa shape index (κ1) is 29.2. The molecule has 1 spiro atoms. The zero-order valence-corrected chi connectivity index (χ0v) is 26.0. The number of amides is 2. The van der Waals surface area contributed by atoms with Crippen LogP contribution in [0, 0.1) is 6.92 Å². The van der Waals surface area contributed by atoms with Crippen molar-refractivity contribution in [2.24, 2.45) is 0 Å². The van der Waals surface area contributed by atoms with Gasteiger partial charge in [-0.05, 0) is 87.3 Å². The van der Waals surface area contributed by atoms with Gasteiger partial charge in [-0.15, -0.1) is 0 Å². The quantitative estimate of drug-likeness (QED) is 0.403. The molecule has 0 radical (unpaired) electrons. The molecule has 5 heterocycles. The molecule has 3 aliphatic heterocycles. The highest BCUT2D eigenvalue weighted by Gasteiger charge is 2.49. The molecule has 0 aliphatic carbocycles. The van der Waals surface area contributed by atoms with Crippen molar-refractivity contribution < 1.29 is 23.8 Å². The van der Waals surface area contributed by atoms with E-state index in [0.29, 0.717) is 32.5 Å². The largest absolute Gasteiger partial charge is 0.480 e. The van der Waals surface area contributed by atoms with Crippen molar-refractivity contribution in [1.82, 2.24) is 24.6 Å². The van der Waals surface area contributed by atoms with Crippen molar-refractivity contribution >= 4 is 12.2 Å². The molecular weight excluding hydrogens is 522 g/mol. The van der Waals surface area contributed by atoms with Gasteiger partial charge in [-0.3, -0.25) is 9.67 Å². The molecule has 2 aromatic rings. The summed E-state index contributed by atoms with van der Waals surface area (Å²) in [5.41, 5.74) is 1.59. The number of carbonyl (C=O) groups is 2. The van der Waals surface area contributed by atoms with Crippen molar-refractivity contribution in [2.75, 3.05) is 19.6 Å². The monoisotopic (exact) mass is 567 g/mol. The van der Waals surface area contributed by atoms with Gasteiger partial charge in [0.1, 0.15) is 33.9 Å². The van der Waals surface area contributed by atoms with E-state index < -0.39 is 22.3 Å². The van der Waals surface area contributed by atoms with Crippen molar-refractivity contribution in [3.8, 4) is 17.1 Å². The number of pyridine rings is 1. The zero-order chi connectivity index (χ0) is 30.0. The molecule has 2 saturated heterocycles. The zero-order valence-electron chi connectivity index (χ0n) is 26.0. The summed E-state index contributed by atoms with van der Waals surface area (Å²) in [6, 6.07) is 3.93. The van der Waals surface area contributed by atoms with Gasteiger partial charge in [0.15, 0.2) is 0 Å². The first-order valence-corrected chi connectivity index (χ1v) is 14.7. The summed E-state index contributed by atoms with van der Waals surface area (Å²) in [6.07, 6.45) is 3.95. The Morgan fingerprint density at radius 1 is 0.976 bits per heavy atom. The number of aromatic nitrogens is 3. The topological polar surface area (TPSA) is 99.0 Å². The Bertz CT molecular complexity index is 1330. The third-order valence-electron chi connectivity index (χ3n) is 8.24. The van der Waals surface area contributed by atoms with E-state index in [1.807, 2.05) is 58.6 Å². The molecule has 0 aromatic carbocycles. The maximum atomic E-state index is 13.0. The van der Waals surface area contributed by atoms with Crippen LogP contribution >= 0.6 is 0 Å². The van der Waals surface area contributed by atoms with Crippen molar-refractivity contribution in [2.45, 2.75) is 116 Å². The second kappa shape index (κ2) is 9.91. The average molecular weight is 568 g/mol. The van der Waals surface area contributed by atoms with Crippen LogP contribution in [0.15, 0.2) is 18.3 Å². The summed E-state index contributed by atoms with van der Waals surface area (Å²) in [5, 5.41) is 5.20. The van der Waals surface area contributed by atoms with E-state index in [1.165, 1.54) is 0 Å². The summed E-state index contributed by atoms with van der Waals surface area (Å²) in [5.74, 6) is 0.718. The number of likely N-dealkylation sites (tertiary alicyclic amines) is 2. The lowest BCUT2D eigenvalue weighted by molar-refractivity contribution is -0.0222. The van der Waals surface area contributed by atoms with Gasteiger partial charge in [0.2, 0.25) is 0 Å². The Morgan fingerprint density at radius 3 is 2.22 bits per heavy atom. The Hall–Kier alpha value is -3.30. The first-order chi connectivity index (χ1) is 19.0. The number of ether oxygens (including phenoxy) is 3. The molecule has 0 N–H and O–H groups in total. The number of carbonyl (C=O) groups excluding carboxylic acids is 2. The van der Waals surface area contributed by atoms with Crippen molar-refractivity contribution in [3.05, 3.63) is 29.6 Å². The predicted molar refractivity (Wildman–Crippen MR) is 155 cm³/mol. The van der Waals surface area contributed by atoms with Gasteiger partial charge in [-0.25, -0.2) is 9.59 Å². The summed E-state index contributed by atoms with van der Waals surface area (Å²) in [7, 11) is 0. The van der Waals surface area contributed by atoms with Gasteiger partial charge in [-0.2, -0.15) is 5.10 Å². The third kappa shape index (κ3) is 5.62. The molecule has 1 unspecified atom stereocenters. The highest BCUT2D eigenvalue weighted by molar-refractivity contribution is 5.72. The molecule has 10 nitrogen and oxygen atoms in total. The fraction of sp³-hybridized carbons (Fsp3) is 0.677. The van der Waals surface area contributed by atoms with Crippen LogP contribution in [0.3, 0.4) is 0 Å². The van der Waals surface area contributed by atoms with Gasteiger partial charge in [0, 0.05) is 55.5 Å². The number of nitrogens with zero attached hydrogens (tertiary/aromatic N) is 5. The number of piperidine rings is 2. The molecule has 224 valence electrons. The summed E-state index contributed by atoms with van der Waals surface area (Å²) in [6.45, 7) is 19.3. The van der Waals surface area contributed by atoms with E-state index in [9.17, 15) is 9.59 Å². The highest BCUT2D eigenvalue weighted by Crippen LogP contribution is 2.51. The van der Waals surface area contributed by atoms with E-state index in [4.69, 9.17) is 19.3 Å². The summed E-state index contributed by atoms with van der Waals surface area (Å²) >= 11 is 0. The standard InChI is InChI=1S/C31H45N5O5/c1-20-23-25(33-36(20)21-12-16-35(30(8,9)19-21)27(38)41-29(5,6)7)24-22(11-10-15-32-24)39-31(23)13-17-34(18-14-31)26(37)40-28(2,3)4/h10-11,15,21H,12-14,16-19H2,1-9H3. The average Bonchev–Trinajstić information content (AvgIpc) is 3.20. The van der Waals surface area contributed by atoms with Crippen LogP contribution in [0.2, 0.25) is 0 Å². The molecule has 5 rings (SSSR count). The normalized spacial score (nSPS) is 21.5. The minimum atomic E-state index is -0.612. The fourth-order valence-electron chi connectivity index (χ4n) is 6.46. The maximum absolute atomic E-state index is 13.0. The van der Waals surface area contributed by atoms with Crippen molar-refractivity contribution in [3.63, 3.8) is 0 Å². The Kier molecular flexibility index (Phi) is 7.06. The van der Waals surface area contributed by atoms with Crippen LogP contribution in [0.4, 0.5) is 9.59 Å². The molecule has 1 atom stereocenters. The molecule has 10 heteroatoms. The van der Waals surface area contributed by atoms with Gasteiger partial charge < -0.3 is 24.0 Å². The van der Waals surface area contributed by atoms with E-state index in [2.05, 4.69) is 30.4 Å². The lowest BCUT2D eigenvalue weighted by Crippen LogP contribution is -2.54. The molecule has 2 fully saturated rings. The summed E-state index contributed by atoms with van der Waals surface area (Å²) < 4.78 is 20.3. The minimum absolute atomic E-state index is 0.0975. The summed E-state index contributed by atoms with van der Waals surface area (Å²) in [4.78, 5) is 34.1. The van der Waals surface area contributed by atoms with Crippen LogP contribution in [0.5, 0.6) is 5.75 Å². The third-order valence-corrected chi connectivity index (χ3v) is 8.24. The second-order valence-electron chi connectivity index (χ2n) is 14.3. The Labute approximate surface area is 243 Å². The Morgan fingerprint density at radius 2 is 1.61 bits per heavy atom. The van der Waals surface area contributed by atoms with Gasteiger partial charge >= 0.3 is 12.2 Å². The lowest BCUT2D eigenvalue weighted by Gasteiger charge is -2.46. The smallest absolute Gasteiger partial charge is 0.410 e. The van der Waals surface area contributed by atoms with Gasteiger partial charge in [0.05, 0.1) is 6.04 Å². The van der Waals surface area contributed by atoms with Crippen LogP contribution in [0.1, 0.15) is 98.4 Å². The van der Waals surface area contributed by atoms with Crippen molar-refractivity contribution in [1.29, 1.82) is 0 Å². The minimum Gasteiger partial charge on any atom is -0.480 e. The van der Waals surface area contributed by atoms with Crippen LogP contribution in [0.25, 0.3) is 11.4 Å². The second-order valence-corrected chi connectivity index (χ2v) is 14.3.